The van der Waals surface area contributed by atoms with Crippen molar-refractivity contribution in [1.29, 1.82) is 0 Å². The molecule has 0 aliphatic carbocycles. The molecule has 0 saturated carbocycles. The van der Waals surface area contributed by atoms with Crippen LogP contribution in [0.1, 0.15) is 41.5 Å². The maximum absolute atomic E-state index is 10.5. The smallest absolute Gasteiger partial charge is 0.397 e. The van der Waals surface area contributed by atoms with Gasteiger partial charge in [-0.3, -0.25) is 0 Å². The molecule has 116 valence electrons. The van der Waals surface area contributed by atoms with E-state index < -0.39 is 38.3 Å². The second-order valence-corrected chi connectivity index (χ2v) is 13.5. The number of hydrogen-bond donors (Lipinski definition) is 1. The normalized spacial score (nSPS) is 19.1. The Bertz CT molecular complexity index is 325. The standard InChI is InChI=1S/C12H28O4Si4/c1-7-10(4)17-14-20(13,15-18-11(5)8-2)16-19-12(6)9-3/h7-9,13H,17-19H2,1-6H3. The predicted molar refractivity (Wildman–Crippen MR) is 95.2 cm³/mol. The SMILES string of the molecule is CC=C(C)[SiH2]O[Si](O)(O[SiH2]C(C)=CC)O[SiH2]C(C)=CC. The van der Waals surface area contributed by atoms with E-state index in [9.17, 15) is 4.80 Å². The minimum atomic E-state index is -3.42. The van der Waals surface area contributed by atoms with Gasteiger partial charge in [-0.1, -0.05) is 33.8 Å². The molecule has 0 aliphatic heterocycles. The zero-order valence-electron chi connectivity index (χ0n) is 13.5. The Morgan fingerprint density at radius 1 is 0.750 bits per heavy atom. The lowest BCUT2D eigenvalue weighted by atomic mass is 10.6. The van der Waals surface area contributed by atoms with Gasteiger partial charge in [0, 0.05) is 0 Å². The maximum Gasteiger partial charge on any atom is 0.644 e. The molecule has 0 spiro atoms. The Hall–Kier alpha value is -0.0725. The van der Waals surface area contributed by atoms with E-state index >= 15 is 0 Å². The van der Waals surface area contributed by atoms with Crippen LogP contribution in [0.15, 0.2) is 33.8 Å². The van der Waals surface area contributed by atoms with E-state index in [1.807, 2.05) is 59.8 Å². The second-order valence-electron chi connectivity index (χ2n) is 4.79. The third kappa shape index (κ3) is 8.97. The summed E-state index contributed by atoms with van der Waals surface area (Å²) in [6.45, 7) is 12.0. The zero-order chi connectivity index (χ0) is 15.6. The van der Waals surface area contributed by atoms with Crippen LogP contribution in [0.4, 0.5) is 0 Å². The number of allylic oxidation sites excluding steroid dienone is 6. The van der Waals surface area contributed by atoms with Crippen molar-refractivity contribution in [3.05, 3.63) is 33.8 Å². The molecule has 0 atom stereocenters. The van der Waals surface area contributed by atoms with Crippen molar-refractivity contribution < 1.29 is 17.1 Å². The van der Waals surface area contributed by atoms with Gasteiger partial charge in [0.05, 0.1) is 0 Å². The van der Waals surface area contributed by atoms with Crippen LogP contribution in [0, 0.1) is 0 Å². The van der Waals surface area contributed by atoms with Gasteiger partial charge >= 0.3 is 9.05 Å². The minimum absolute atomic E-state index is 0.942. The Balaban J connectivity index is 4.64. The largest absolute Gasteiger partial charge is 0.644 e. The topological polar surface area (TPSA) is 47.9 Å². The van der Waals surface area contributed by atoms with E-state index in [0.29, 0.717) is 0 Å². The summed E-state index contributed by atoms with van der Waals surface area (Å²) in [6.07, 6.45) is 6.05. The summed E-state index contributed by atoms with van der Waals surface area (Å²) in [5.41, 5.74) is 0. The average molecular weight is 349 g/mol. The Labute approximate surface area is 131 Å². The van der Waals surface area contributed by atoms with E-state index in [4.69, 9.17) is 12.3 Å². The molecule has 4 nitrogen and oxygen atoms in total. The van der Waals surface area contributed by atoms with Crippen LogP contribution < -0.4 is 0 Å². The van der Waals surface area contributed by atoms with Crippen LogP contribution in [0.25, 0.3) is 0 Å². The quantitative estimate of drug-likeness (QED) is 0.616. The summed E-state index contributed by atoms with van der Waals surface area (Å²) in [5, 5.41) is 3.57. The van der Waals surface area contributed by atoms with Crippen molar-refractivity contribution in [2.45, 2.75) is 41.5 Å². The highest BCUT2D eigenvalue weighted by Crippen LogP contribution is 2.09. The van der Waals surface area contributed by atoms with Crippen LogP contribution in [0.2, 0.25) is 0 Å². The summed E-state index contributed by atoms with van der Waals surface area (Å²) >= 11 is 0. The average Bonchev–Trinajstić information content (AvgIpc) is 2.47. The lowest BCUT2D eigenvalue weighted by Crippen LogP contribution is -2.49. The molecule has 0 aromatic carbocycles. The van der Waals surface area contributed by atoms with E-state index in [-0.39, 0.29) is 0 Å². The third-order valence-corrected chi connectivity index (χ3v) is 11.6. The molecular weight excluding hydrogens is 320 g/mol. The molecule has 0 amide bonds. The van der Waals surface area contributed by atoms with Gasteiger partial charge < -0.3 is 17.1 Å². The molecule has 0 radical (unpaired) electrons. The molecule has 0 bridgehead atoms. The van der Waals surface area contributed by atoms with Crippen molar-refractivity contribution in [2.75, 3.05) is 0 Å². The monoisotopic (exact) mass is 348 g/mol. The van der Waals surface area contributed by atoms with Gasteiger partial charge in [0.2, 0.25) is 0 Å². The zero-order valence-corrected chi connectivity index (χ0v) is 18.8. The predicted octanol–water partition coefficient (Wildman–Crippen LogP) is 0.487. The highest BCUT2D eigenvalue weighted by molar-refractivity contribution is 6.70. The minimum Gasteiger partial charge on any atom is -0.397 e. The van der Waals surface area contributed by atoms with Gasteiger partial charge in [-0.05, 0) is 41.5 Å². The third-order valence-electron chi connectivity index (χ3n) is 2.93. The summed E-state index contributed by atoms with van der Waals surface area (Å²) in [5.74, 6) is 0. The molecule has 0 unspecified atom stereocenters. The molecule has 0 heterocycles. The Kier molecular flexibility index (Phi) is 10.6. The fourth-order valence-electron chi connectivity index (χ4n) is 0.990. The first kappa shape index (κ1) is 19.9. The van der Waals surface area contributed by atoms with Crippen LogP contribution in [0.3, 0.4) is 0 Å². The molecule has 0 fully saturated rings. The van der Waals surface area contributed by atoms with Gasteiger partial charge in [-0.25, -0.2) is 0 Å². The van der Waals surface area contributed by atoms with Gasteiger partial charge in [0.25, 0.3) is 0 Å². The van der Waals surface area contributed by atoms with Crippen molar-refractivity contribution in [2.24, 2.45) is 0 Å². The molecule has 0 saturated heterocycles. The van der Waals surface area contributed by atoms with Crippen molar-refractivity contribution in [3.63, 3.8) is 0 Å². The molecular formula is C12H28O4Si4. The summed E-state index contributed by atoms with van der Waals surface area (Å²) in [4.78, 5) is 10.5. The molecule has 8 heteroatoms. The molecule has 1 N–H and O–H groups in total. The van der Waals surface area contributed by atoms with Gasteiger partial charge in [-0.15, -0.1) is 0 Å². The highest BCUT2D eigenvalue weighted by atomic mass is 28.5. The molecule has 0 aromatic heterocycles. The van der Waals surface area contributed by atoms with Crippen molar-refractivity contribution in [3.8, 4) is 0 Å². The number of rotatable bonds is 9. The highest BCUT2D eigenvalue weighted by Gasteiger charge is 2.39. The maximum atomic E-state index is 10.5. The lowest BCUT2D eigenvalue weighted by Gasteiger charge is -2.25. The van der Waals surface area contributed by atoms with Crippen LogP contribution in [-0.4, -0.2) is 43.1 Å². The second kappa shape index (κ2) is 10.6. The van der Waals surface area contributed by atoms with E-state index in [1.165, 1.54) is 15.6 Å². The van der Waals surface area contributed by atoms with Gasteiger partial charge in [0.1, 0.15) is 0 Å². The first-order valence-corrected chi connectivity index (χ1v) is 12.4. The van der Waals surface area contributed by atoms with Crippen LogP contribution >= 0.6 is 0 Å². The first-order valence-electron chi connectivity index (χ1n) is 6.86. The number of hydrogen-bond acceptors (Lipinski definition) is 4. The molecule has 20 heavy (non-hydrogen) atoms. The van der Waals surface area contributed by atoms with E-state index in [1.54, 1.807) is 0 Å². The summed E-state index contributed by atoms with van der Waals surface area (Å²) in [6, 6.07) is 0. The van der Waals surface area contributed by atoms with E-state index in [0.717, 1.165) is 0 Å². The van der Waals surface area contributed by atoms with Crippen LogP contribution in [0.5, 0.6) is 0 Å². The summed E-state index contributed by atoms with van der Waals surface area (Å²) < 4.78 is 17.1. The Morgan fingerprint density at radius 3 is 1.20 bits per heavy atom. The Morgan fingerprint density at radius 2 is 1.00 bits per heavy atom. The van der Waals surface area contributed by atoms with Gasteiger partial charge in [0.15, 0.2) is 29.3 Å². The molecule has 0 rings (SSSR count). The molecule has 0 aromatic rings. The lowest BCUT2D eigenvalue weighted by molar-refractivity contribution is 0.162. The summed E-state index contributed by atoms with van der Waals surface area (Å²) in [7, 11) is -6.25. The fourth-order valence-corrected chi connectivity index (χ4v) is 9.66. The molecule has 0 aliphatic rings. The first-order chi connectivity index (χ1) is 9.36. The fraction of sp³-hybridized carbons (Fsp3) is 0.500. The van der Waals surface area contributed by atoms with Crippen molar-refractivity contribution in [1.82, 2.24) is 0 Å². The van der Waals surface area contributed by atoms with Crippen molar-refractivity contribution >= 4 is 38.3 Å². The van der Waals surface area contributed by atoms with Crippen LogP contribution in [-0.2, 0) is 12.3 Å². The van der Waals surface area contributed by atoms with E-state index in [2.05, 4.69) is 0 Å². The van der Waals surface area contributed by atoms with Gasteiger partial charge in [-0.2, -0.15) is 0 Å².